The van der Waals surface area contributed by atoms with Crippen LogP contribution in [0.3, 0.4) is 0 Å². The normalized spacial score (nSPS) is 11.3. The molecule has 114 valence electrons. The minimum absolute atomic E-state index is 0.257. The highest BCUT2D eigenvalue weighted by Gasteiger charge is 2.30. The minimum Gasteiger partial charge on any atom is -0.318 e. The fraction of sp³-hybridized carbons (Fsp3) is 0.250. The van der Waals surface area contributed by atoms with E-state index in [1.165, 1.54) is 6.07 Å². The lowest BCUT2D eigenvalue weighted by Crippen LogP contribution is -2.07. The number of hydrogen-bond donors (Lipinski definition) is 0. The predicted octanol–water partition coefficient (Wildman–Crippen LogP) is 4.21. The summed E-state index contributed by atoms with van der Waals surface area (Å²) in [5.74, 6) is -0.339. The number of ketones is 1. The highest BCUT2D eigenvalue weighted by molar-refractivity contribution is 5.98. The zero-order chi connectivity index (χ0) is 16.5. The summed E-state index contributed by atoms with van der Waals surface area (Å²) in [6, 6.07) is 8.29. The lowest BCUT2D eigenvalue weighted by Gasteiger charge is -2.13. The Balaban J connectivity index is 2.55. The number of alkyl halides is 3. The molecule has 1 heterocycles. The maximum Gasteiger partial charge on any atom is 0.416 e. The molecule has 0 amide bonds. The van der Waals surface area contributed by atoms with Crippen molar-refractivity contribution in [1.29, 1.82) is 5.26 Å². The van der Waals surface area contributed by atoms with E-state index in [0.717, 1.165) is 12.1 Å². The van der Waals surface area contributed by atoms with Crippen LogP contribution in [-0.2, 0) is 6.18 Å². The summed E-state index contributed by atoms with van der Waals surface area (Å²) in [4.78, 5) is 11.9. The number of nitrogens with zero attached hydrogens (tertiary/aromatic N) is 2. The average molecular weight is 306 g/mol. The second-order valence-corrected chi connectivity index (χ2v) is 4.93. The second kappa shape index (κ2) is 5.68. The van der Waals surface area contributed by atoms with Gasteiger partial charge in [-0.3, -0.25) is 4.79 Å². The summed E-state index contributed by atoms with van der Waals surface area (Å²) >= 11 is 0. The van der Waals surface area contributed by atoms with Crippen molar-refractivity contribution in [2.24, 2.45) is 0 Å². The number of carbonyl (C=O) groups is 1. The lowest BCUT2D eigenvalue weighted by atomic mass is 10.1. The molecule has 0 spiro atoms. The molecule has 0 atom stereocenters. The van der Waals surface area contributed by atoms with Gasteiger partial charge in [-0.15, -0.1) is 0 Å². The molecule has 0 unspecified atom stereocenters. The standard InChI is InChI=1S/C16H13F3N2O/c1-10-8-14(15(22)6-7-20)11(2)21(10)13-5-3-4-12(9-13)16(17,18)19/h3-5,8-9H,6H2,1-2H3. The molecule has 1 aromatic carbocycles. The monoisotopic (exact) mass is 306 g/mol. The van der Waals surface area contributed by atoms with Gasteiger partial charge in [0.2, 0.25) is 0 Å². The maximum atomic E-state index is 12.8. The molecule has 3 nitrogen and oxygen atoms in total. The van der Waals surface area contributed by atoms with Crippen LogP contribution in [0.4, 0.5) is 13.2 Å². The SMILES string of the molecule is Cc1cc(C(=O)CC#N)c(C)n1-c1cccc(C(F)(F)F)c1. The van der Waals surface area contributed by atoms with Crippen LogP contribution in [0.2, 0.25) is 0 Å². The summed E-state index contributed by atoms with van der Waals surface area (Å²) in [7, 11) is 0. The van der Waals surface area contributed by atoms with Crippen LogP contribution in [0.15, 0.2) is 30.3 Å². The lowest BCUT2D eigenvalue weighted by molar-refractivity contribution is -0.137. The Morgan fingerprint density at radius 3 is 2.55 bits per heavy atom. The van der Waals surface area contributed by atoms with Crippen LogP contribution in [0, 0.1) is 25.2 Å². The number of hydrogen-bond acceptors (Lipinski definition) is 2. The minimum atomic E-state index is -4.43. The maximum absolute atomic E-state index is 12.8. The highest BCUT2D eigenvalue weighted by atomic mass is 19.4. The van der Waals surface area contributed by atoms with Gasteiger partial charge in [0.1, 0.15) is 0 Å². The Hall–Kier alpha value is -2.55. The largest absolute Gasteiger partial charge is 0.416 e. The molecule has 0 radical (unpaired) electrons. The third-order valence-corrected chi connectivity index (χ3v) is 3.40. The topological polar surface area (TPSA) is 45.8 Å². The van der Waals surface area contributed by atoms with E-state index < -0.39 is 11.7 Å². The van der Waals surface area contributed by atoms with E-state index in [1.807, 2.05) is 0 Å². The molecular weight excluding hydrogens is 293 g/mol. The zero-order valence-electron chi connectivity index (χ0n) is 12.0. The number of aryl methyl sites for hydroxylation is 1. The fourth-order valence-electron chi connectivity index (χ4n) is 2.43. The number of halogens is 3. The Bertz CT molecular complexity index is 767. The number of rotatable bonds is 3. The van der Waals surface area contributed by atoms with Crippen molar-refractivity contribution in [3.8, 4) is 11.8 Å². The summed E-state index contributed by atoms with van der Waals surface area (Å²) in [5.41, 5.74) is 1.11. The van der Waals surface area contributed by atoms with E-state index in [-0.39, 0.29) is 12.2 Å². The molecule has 0 aliphatic rings. The van der Waals surface area contributed by atoms with Gasteiger partial charge >= 0.3 is 6.18 Å². The molecule has 2 aromatic rings. The van der Waals surface area contributed by atoms with E-state index in [1.54, 1.807) is 36.6 Å². The van der Waals surface area contributed by atoms with Crippen LogP contribution in [0.25, 0.3) is 5.69 Å². The number of carbonyl (C=O) groups excluding carboxylic acids is 1. The van der Waals surface area contributed by atoms with Gasteiger partial charge in [0, 0.05) is 22.6 Å². The molecule has 22 heavy (non-hydrogen) atoms. The first-order valence-electron chi connectivity index (χ1n) is 6.52. The Kier molecular flexibility index (Phi) is 4.09. The average Bonchev–Trinajstić information content (AvgIpc) is 2.73. The van der Waals surface area contributed by atoms with Gasteiger partial charge in [0.05, 0.1) is 18.1 Å². The van der Waals surface area contributed by atoms with Crippen LogP contribution < -0.4 is 0 Å². The van der Waals surface area contributed by atoms with Crippen molar-refractivity contribution >= 4 is 5.78 Å². The van der Waals surface area contributed by atoms with Crippen molar-refractivity contribution in [2.45, 2.75) is 26.4 Å². The van der Waals surface area contributed by atoms with Gasteiger partial charge in [-0.1, -0.05) is 6.07 Å². The Morgan fingerprint density at radius 1 is 1.27 bits per heavy atom. The summed E-state index contributed by atoms with van der Waals surface area (Å²) < 4.78 is 40.0. The third kappa shape index (κ3) is 2.89. The quantitative estimate of drug-likeness (QED) is 0.797. The van der Waals surface area contributed by atoms with Crippen molar-refractivity contribution in [3.63, 3.8) is 0 Å². The van der Waals surface area contributed by atoms with E-state index in [4.69, 9.17) is 5.26 Å². The molecule has 0 saturated carbocycles. The van der Waals surface area contributed by atoms with E-state index in [9.17, 15) is 18.0 Å². The van der Waals surface area contributed by atoms with Gasteiger partial charge in [0.15, 0.2) is 5.78 Å². The van der Waals surface area contributed by atoms with Crippen molar-refractivity contribution in [2.75, 3.05) is 0 Å². The molecule has 0 aliphatic carbocycles. The van der Waals surface area contributed by atoms with Crippen molar-refractivity contribution in [1.82, 2.24) is 4.57 Å². The van der Waals surface area contributed by atoms with Crippen LogP contribution in [-0.4, -0.2) is 10.4 Å². The third-order valence-electron chi connectivity index (χ3n) is 3.40. The van der Waals surface area contributed by atoms with Crippen LogP contribution in [0.5, 0.6) is 0 Å². The van der Waals surface area contributed by atoms with Crippen LogP contribution in [0.1, 0.15) is 33.7 Å². The molecular formula is C16H13F3N2O. The van der Waals surface area contributed by atoms with Gasteiger partial charge in [0.25, 0.3) is 0 Å². The molecule has 6 heteroatoms. The fourth-order valence-corrected chi connectivity index (χ4v) is 2.43. The molecule has 0 aliphatic heterocycles. The van der Waals surface area contributed by atoms with Gasteiger partial charge < -0.3 is 4.57 Å². The molecule has 1 aromatic heterocycles. The van der Waals surface area contributed by atoms with Gasteiger partial charge in [-0.25, -0.2) is 0 Å². The zero-order valence-corrected chi connectivity index (χ0v) is 12.0. The Morgan fingerprint density at radius 2 is 1.95 bits per heavy atom. The highest BCUT2D eigenvalue weighted by Crippen LogP contribution is 2.31. The van der Waals surface area contributed by atoms with Gasteiger partial charge in [-0.05, 0) is 38.1 Å². The first kappa shape index (κ1) is 15.8. The van der Waals surface area contributed by atoms with Crippen molar-refractivity contribution in [3.05, 3.63) is 52.8 Å². The first-order valence-corrected chi connectivity index (χ1v) is 6.52. The molecule has 2 rings (SSSR count). The van der Waals surface area contributed by atoms with Crippen molar-refractivity contribution < 1.29 is 18.0 Å². The Labute approximate surface area is 125 Å². The molecule has 0 fully saturated rings. The van der Waals surface area contributed by atoms with E-state index >= 15 is 0 Å². The summed E-state index contributed by atoms with van der Waals surface area (Å²) in [5, 5.41) is 8.61. The van der Waals surface area contributed by atoms with E-state index in [0.29, 0.717) is 22.6 Å². The number of benzene rings is 1. The summed E-state index contributed by atoms with van der Waals surface area (Å²) in [6.07, 6.45) is -4.68. The van der Waals surface area contributed by atoms with Gasteiger partial charge in [-0.2, -0.15) is 18.4 Å². The molecule has 0 bridgehead atoms. The van der Waals surface area contributed by atoms with E-state index in [2.05, 4.69) is 0 Å². The number of nitriles is 1. The van der Waals surface area contributed by atoms with Crippen LogP contribution >= 0.6 is 0 Å². The number of aromatic nitrogens is 1. The number of Topliss-reactive ketones (excluding diaryl/α,β-unsaturated/α-hetero) is 1. The summed E-state index contributed by atoms with van der Waals surface area (Å²) in [6.45, 7) is 3.36. The molecule has 0 N–H and O–H groups in total. The predicted molar refractivity (Wildman–Crippen MR) is 74.8 cm³/mol. The smallest absolute Gasteiger partial charge is 0.318 e. The first-order chi connectivity index (χ1) is 10.3. The second-order valence-electron chi connectivity index (χ2n) is 4.93. The molecule has 0 saturated heterocycles.